The average molecular weight is 568 g/mol. The van der Waals surface area contributed by atoms with Gasteiger partial charge in [0.05, 0.1) is 18.2 Å². The maximum Gasteiger partial charge on any atom is 0.231 e. The highest BCUT2D eigenvalue weighted by molar-refractivity contribution is 6.15. The zero-order valence-electron chi connectivity index (χ0n) is 23.8. The smallest absolute Gasteiger partial charge is 0.231 e. The SMILES string of the molecule is CCn1cc(/C=C2\Oc3c(ccc(O)c3CN3CCN(Cc4ccc5c(c4)OCO5)CC3)C2=O)c2cc(OC)ccc21. The third kappa shape index (κ3) is 4.74. The van der Waals surface area contributed by atoms with Crippen molar-refractivity contribution in [2.24, 2.45) is 0 Å². The van der Waals surface area contributed by atoms with Gasteiger partial charge in [-0.15, -0.1) is 0 Å². The summed E-state index contributed by atoms with van der Waals surface area (Å²) in [5.41, 5.74) is 4.26. The minimum atomic E-state index is -0.180. The van der Waals surface area contributed by atoms with Gasteiger partial charge < -0.3 is 28.6 Å². The van der Waals surface area contributed by atoms with Crippen LogP contribution in [-0.2, 0) is 19.6 Å². The lowest BCUT2D eigenvalue weighted by molar-refractivity contribution is 0.101. The van der Waals surface area contributed by atoms with E-state index >= 15 is 0 Å². The molecule has 9 heteroatoms. The van der Waals surface area contributed by atoms with Crippen LogP contribution in [0.1, 0.15) is 34.0 Å². The molecule has 3 aliphatic rings. The van der Waals surface area contributed by atoms with E-state index in [0.29, 0.717) is 23.4 Å². The maximum absolute atomic E-state index is 13.4. The fourth-order valence-electron chi connectivity index (χ4n) is 6.02. The molecule has 0 amide bonds. The number of methoxy groups -OCH3 is 1. The summed E-state index contributed by atoms with van der Waals surface area (Å²) >= 11 is 0. The van der Waals surface area contributed by atoms with Crippen LogP contribution in [0.25, 0.3) is 17.0 Å². The number of aromatic hydroxyl groups is 1. The van der Waals surface area contributed by atoms with Gasteiger partial charge in [0.15, 0.2) is 17.3 Å². The molecule has 4 aromatic rings. The Morgan fingerprint density at radius 2 is 1.74 bits per heavy atom. The third-order valence-corrected chi connectivity index (χ3v) is 8.35. The molecule has 1 fully saturated rings. The Morgan fingerprint density at radius 1 is 0.952 bits per heavy atom. The van der Waals surface area contributed by atoms with E-state index in [1.54, 1.807) is 25.3 Å². The summed E-state index contributed by atoms with van der Waals surface area (Å²) in [4.78, 5) is 18.1. The number of ether oxygens (including phenoxy) is 4. The molecule has 0 spiro atoms. The van der Waals surface area contributed by atoms with E-state index < -0.39 is 0 Å². The summed E-state index contributed by atoms with van der Waals surface area (Å²) in [7, 11) is 1.64. The van der Waals surface area contributed by atoms with Gasteiger partial charge in [0, 0.05) is 68.5 Å². The Hall–Kier alpha value is -4.47. The molecular weight excluding hydrogens is 534 g/mol. The molecule has 1 N–H and O–H groups in total. The number of phenolic OH excluding ortho intramolecular Hbond substituents is 1. The standard InChI is InChI=1S/C33H33N3O6/c1-3-36-18-22(25-16-23(39-2)5-7-27(25)36)15-31-32(38)24-6-8-28(37)26(33(24)42-31)19-35-12-10-34(11-13-35)17-21-4-9-29-30(14-21)41-20-40-29/h4-9,14-16,18,37H,3,10-13,17,19-20H2,1-2H3/b31-15-. The van der Waals surface area contributed by atoms with Crippen LogP contribution >= 0.6 is 0 Å². The predicted molar refractivity (Wildman–Crippen MR) is 158 cm³/mol. The average Bonchev–Trinajstić information content (AvgIpc) is 3.71. The molecule has 4 heterocycles. The van der Waals surface area contributed by atoms with Crippen molar-refractivity contribution < 1.29 is 28.8 Å². The molecule has 216 valence electrons. The molecule has 0 bridgehead atoms. The number of hydrogen-bond acceptors (Lipinski definition) is 8. The number of carbonyl (C=O) groups is 1. The molecular formula is C33H33N3O6. The number of benzene rings is 3. The number of hydrogen-bond donors (Lipinski definition) is 1. The normalized spacial score (nSPS) is 17.7. The number of aromatic nitrogens is 1. The first-order valence-electron chi connectivity index (χ1n) is 14.3. The molecule has 7 rings (SSSR count). The number of carbonyl (C=O) groups excluding carboxylic acids is 1. The fourth-order valence-corrected chi connectivity index (χ4v) is 6.02. The molecule has 3 aliphatic heterocycles. The lowest BCUT2D eigenvalue weighted by Crippen LogP contribution is -2.45. The number of phenols is 1. The first-order valence-corrected chi connectivity index (χ1v) is 14.3. The van der Waals surface area contributed by atoms with Gasteiger partial charge in [-0.05, 0) is 61.0 Å². The zero-order valence-corrected chi connectivity index (χ0v) is 23.8. The first-order chi connectivity index (χ1) is 20.5. The van der Waals surface area contributed by atoms with E-state index in [-0.39, 0.29) is 24.1 Å². The van der Waals surface area contributed by atoms with Crippen molar-refractivity contribution in [2.75, 3.05) is 40.1 Å². The Kier molecular flexibility index (Phi) is 6.76. The summed E-state index contributed by atoms with van der Waals surface area (Å²) in [6.07, 6.45) is 3.82. The molecule has 0 saturated carbocycles. The highest BCUT2D eigenvalue weighted by Gasteiger charge is 2.32. The van der Waals surface area contributed by atoms with Crippen LogP contribution in [0, 0.1) is 0 Å². The van der Waals surface area contributed by atoms with Gasteiger partial charge >= 0.3 is 0 Å². The molecule has 0 atom stereocenters. The van der Waals surface area contributed by atoms with Gasteiger partial charge in [-0.25, -0.2) is 0 Å². The van der Waals surface area contributed by atoms with Crippen molar-refractivity contribution in [2.45, 2.75) is 26.6 Å². The molecule has 1 aromatic heterocycles. The van der Waals surface area contributed by atoms with Crippen LogP contribution < -0.4 is 18.9 Å². The summed E-state index contributed by atoms with van der Waals surface area (Å²) in [5.74, 6) is 3.01. The van der Waals surface area contributed by atoms with Crippen LogP contribution in [0.2, 0.25) is 0 Å². The summed E-state index contributed by atoms with van der Waals surface area (Å²) in [5, 5.41) is 11.8. The highest BCUT2D eigenvalue weighted by Crippen LogP contribution is 2.41. The number of rotatable bonds is 7. The van der Waals surface area contributed by atoms with Crippen molar-refractivity contribution in [1.29, 1.82) is 0 Å². The molecule has 0 unspecified atom stereocenters. The fraction of sp³-hybridized carbons (Fsp3) is 0.303. The molecule has 42 heavy (non-hydrogen) atoms. The lowest BCUT2D eigenvalue weighted by atomic mass is 10.0. The Morgan fingerprint density at radius 3 is 2.52 bits per heavy atom. The molecule has 3 aromatic carbocycles. The van der Waals surface area contributed by atoms with Gasteiger partial charge in [0.2, 0.25) is 12.6 Å². The Balaban J connectivity index is 1.07. The number of allylic oxidation sites excluding steroid dienone is 1. The van der Waals surface area contributed by atoms with Gasteiger partial charge in [-0.1, -0.05) is 6.07 Å². The third-order valence-electron chi connectivity index (χ3n) is 8.35. The second kappa shape index (κ2) is 10.7. The highest BCUT2D eigenvalue weighted by atomic mass is 16.7. The summed E-state index contributed by atoms with van der Waals surface area (Å²) in [6, 6.07) is 15.3. The molecule has 9 nitrogen and oxygen atoms in total. The second-order valence-electron chi connectivity index (χ2n) is 10.9. The largest absolute Gasteiger partial charge is 0.507 e. The number of ketones is 1. The van der Waals surface area contributed by atoms with Crippen molar-refractivity contribution >= 4 is 22.8 Å². The monoisotopic (exact) mass is 567 g/mol. The van der Waals surface area contributed by atoms with Gasteiger partial charge in [0.25, 0.3) is 0 Å². The van der Waals surface area contributed by atoms with Crippen molar-refractivity contribution in [1.82, 2.24) is 14.4 Å². The maximum atomic E-state index is 13.4. The summed E-state index contributed by atoms with van der Waals surface area (Å²) < 4.78 is 24.7. The Bertz CT molecular complexity index is 1720. The Labute approximate surface area is 244 Å². The number of Topliss-reactive ketones (excluding diaryl/α,β-unsaturated/α-hetero) is 1. The van der Waals surface area contributed by atoms with Gasteiger partial charge in [-0.3, -0.25) is 14.6 Å². The zero-order chi connectivity index (χ0) is 28.8. The van der Waals surface area contributed by atoms with E-state index in [4.69, 9.17) is 18.9 Å². The summed E-state index contributed by atoms with van der Waals surface area (Å²) in [6.45, 7) is 7.94. The van der Waals surface area contributed by atoms with E-state index in [2.05, 4.69) is 33.4 Å². The van der Waals surface area contributed by atoms with Crippen LogP contribution in [0.5, 0.6) is 28.7 Å². The number of nitrogens with zero attached hydrogens (tertiary/aromatic N) is 3. The van der Waals surface area contributed by atoms with Crippen LogP contribution in [0.15, 0.2) is 60.5 Å². The quantitative estimate of drug-likeness (QED) is 0.311. The predicted octanol–water partition coefficient (Wildman–Crippen LogP) is 5.04. The minimum absolute atomic E-state index is 0.137. The van der Waals surface area contributed by atoms with Crippen LogP contribution in [0.3, 0.4) is 0 Å². The number of fused-ring (bicyclic) bond motifs is 3. The second-order valence-corrected chi connectivity index (χ2v) is 10.9. The van der Waals surface area contributed by atoms with E-state index in [9.17, 15) is 9.90 Å². The van der Waals surface area contributed by atoms with E-state index in [0.717, 1.165) is 73.0 Å². The topological polar surface area (TPSA) is 85.6 Å². The number of aryl methyl sites for hydroxylation is 1. The van der Waals surface area contributed by atoms with E-state index in [1.165, 1.54) is 5.56 Å². The van der Waals surface area contributed by atoms with Crippen molar-refractivity contribution in [3.8, 4) is 28.7 Å². The minimum Gasteiger partial charge on any atom is -0.507 e. The number of piperazine rings is 1. The van der Waals surface area contributed by atoms with Crippen LogP contribution in [0.4, 0.5) is 0 Å². The molecule has 1 saturated heterocycles. The lowest BCUT2D eigenvalue weighted by Gasteiger charge is -2.35. The van der Waals surface area contributed by atoms with Crippen molar-refractivity contribution in [3.63, 3.8) is 0 Å². The van der Waals surface area contributed by atoms with E-state index in [1.807, 2.05) is 30.5 Å². The van der Waals surface area contributed by atoms with Crippen molar-refractivity contribution in [3.05, 3.63) is 82.7 Å². The molecule has 0 radical (unpaired) electrons. The molecule has 0 aliphatic carbocycles. The first kappa shape index (κ1) is 26.4. The van der Waals surface area contributed by atoms with Gasteiger partial charge in [-0.2, -0.15) is 0 Å². The van der Waals surface area contributed by atoms with Crippen LogP contribution in [-0.4, -0.2) is 65.3 Å². The van der Waals surface area contributed by atoms with Gasteiger partial charge in [0.1, 0.15) is 17.2 Å².